The monoisotopic (exact) mass is 419 g/mol. The number of carbonyl (C=O) groups is 1. The van der Waals surface area contributed by atoms with E-state index in [4.69, 9.17) is 13.9 Å². The fourth-order valence-electron chi connectivity index (χ4n) is 3.20. The van der Waals surface area contributed by atoms with Crippen LogP contribution in [0.15, 0.2) is 75.9 Å². The molecule has 0 aliphatic carbocycles. The Hall–Kier alpha value is -4.13. The normalized spacial score (nSPS) is 10.7. The SMILES string of the molecule is COc1ccc(-c2cc(=O)c3cc(NC(=O)c4cccc(F)c4)ccc3o2)cc1OC. The quantitative estimate of drug-likeness (QED) is 0.499. The van der Waals surface area contributed by atoms with Crippen molar-refractivity contribution in [2.45, 2.75) is 0 Å². The molecule has 0 bridgehead atoms. The summed E-state index contributed by atoms with van der Waals surface area (Å²) in [7, 11) is 3.07. The van der Waals surface area contributed by atoms with Crippen LogP contribution in [0.3, 0.4) is 0 Å². The molecule has 0 spiro atoms. The number of methoxy groups -OCH3 is 2. The molecule has 0 fully saturated rings. The predicted molar refractivity (Wildman–Crippen MR) is 115 cm³/mol. The minimum Gasteiger partial charge on any atom is -0.493 e. The maximum atomic E-state index is 13.3. The van der Waals surface area contributed by atoms with Gasteiger partial charge in [-0.2, -0.15) is 0 Å². The van der Waals surface area contributed by atoms with E-state index in [1.807, 2.05) is 0 Å². The lowest BCUT2D eigenvalue weighted by atomic mass is 10.1. The van der Waals surface area contributed by atoms with Crippen molar-refractivity contribution in [1.29, 1.82) is 0 Å². The van der Waals surface area contributed by atoms with Crippen LogP contribution in [0.2, 0.25) is 0 Å². The molecule has 4 aromatic rings. The maximum absolute atomic E-state index is 13.3. The molecule has 1 amide bonds. The number of rotatable bonds is 5. The van der Waals surface area contributed by atoms with Gasteiger partial charge in [-0.25, -0.2) is 4.39 Å². The molecular formula is C24H18FNO5. The third-order valence-electron chi connectivity index (χ3n) is 4.74. The summed E-state index contributed by atoms with van der Waals surface area (Å²) in [6, 6.07) is 16.7. The van der Waals surface area contributed by atoms with Gasteiger partial charge >= 0.3 is 0 Å². The van der Waals surface area contributed by atoms with Gasteiger partial charge in [0.05, 0.1) is 19.6 Å². The fourth-order valence-corrected chi connectivity index (χ4v) is 3.20. The Balaban J connectivity index is 1.67. The van der Waals surface area contributed by atoms with Crippen molar-refractivity contribution < 1.29 is 23.1 Å². The molecule has 0 unspecified atom stereocenters. The lowest BCUT2D eigenvalue weighted by Gasteiger charge is -2.10. The van der Waals surface area contributed by atoms with E-state index in [-0.39, 0.29) is 11.0 Å². The topological polar surface area (TPSA) is 77.8 Å². The molecular weight excluding hydrogens is 401 g/mol. The summed E-state index contributed by atoms with van der Waals surface area (Å²) in [4.78, 5) is 25.1. The second-order valence-electron chi connectivity index (χ2n) is 6.72. The van der Waals surface area contributed by atoms with Crippen molar-refractivity contribution in [3.8, 4) is 22.8 Å². The molecule has 1 heterocycles. The molecule has 6 nitrogen and oxygen atoms in total. The van der Waals surface area contributed by atoms with E-state index < -0.39 is 11.7 Å². The van der Waals surface area contributed by atoms with Crippen LogP contribution in [-0.4, -0.2) is 20.1 Å². The molecule has 0 aliphatic heterocycles. The summed E-state index contributed by atoms with van der Waals surface area (Å²) in [6.07, 6.45) is 0. The third-order valence-corrected chi connectivity index (χ3v) is 4.74. The molecule has 0 saturated heterocycles. The van der Waals surface area contributed by atoms with Gasteiger partial charge < -0.3 is 19.2 Å². The predicted octanol–water partition coefficient (Wildman–Crippen LogP) is 4.87. The Kier molecular flexibility index (Phi) is 5.41. The molecule has 4 rings (SSSR count). The van der Waals surface area contributed by atoms with Gasteiger partial charge in [0, 0.05) is 22.9 Å². The highest BCUT2D eigenvalue weighted by molar-refractivity contribution is 6.05. The number of halogens is 1. The van der Waals surface area contributed by atoms with Crippen molar-refractivity contribution in [3.63, 3.8) is 0 Å². The zero-order valence-corrected chi connectivity index (χ0v) is 16.8. The van der Waals surface area contributed by atoms with Crippen molar-refractivity contribution in [1.82, 2.24) is 0 Å². The first kappa shape index (κ1) is 20.2. The smallest absolute Gasteiger partial charge is 0.255 e. The zero-order valence-electron chi connectivity index (χ0n) is 16.8. The first-order valence-electron chi connectivity index (χ1n) is 9.36. The number of hydrogen-bond acceptors (Lipinski definition) is 5. The lowest BCUT2D eigenvalue weighted by molar-refractivity contribution is 0.102. The van der Waals surface area contributed by atoms with E-state index in [2.05, 4.69) is 5.32 Å². The van der Waals surface area contributed by atoms with Crippen LogP contribution in [0.1, 0.15) is 10.4 Å². The second-order valence-corrected chi connectivity index (χ2v) is 6.72. The molecule has 7 heteroatoms. The van der Waals surface area contributed by atoms with Crippen molar-refractivity contribution in [2.75, 3.05) is 19.5 Å². The molecule has 0 radical (unpaired) electrons. The van der Waals surface area contributed by atoms with Gasteiger partial charge in [0.15, 0.2) is 16.9 Å². The standard InChI is InChI=1S/C24H18FNO5/c1-29-21-8-6-14(11-23(21)30-2)22-13-19(27)18-12-17(7-9-20(18)31-22)26-24(28)15-4-3-5-16(25)10-15/h3-13H,1-2H3,(H,26,28). The minimum atomic E-state index is -0.505. The first-order chi connectivity index (χ1) is 15.0. The summed E-state index contributed by atoms with van der Waals surface area (Å²) in [6.45, 7) is 0. The summed E-state index contributed by atoms with van der Waals surface area (Å²) in [5.41, 5.74) is 1.32. The van der Waals surface area contributed by atoms with E-state index in [1.54, 1.807) is 37.4 Å². The van der Waals surface area contributed by atoms with E-state index in [0.29, 0.717) is 39.5 Å². The van der Waals surface area contributed by atoms with Gasteiger partial charge in [0.1, 0.15) is 17.2 Å². The van der Waals surface area contributed by atoms with Crippen LogP contribution in [0, 0.1) is 5.82 Å². The fraction of sp³-hybridized carbons (Fsp3) is 0.0833. The Morgan fingerprint density at radius 2 is 1.74 bits per heavy atom. The summed E-state index contributed by atoms with van der Waals surface area (Å²) >= 11 is 0. The molecule has 0 atom stereocenters. The number of ether oxygens (including phenoxy) is 2. The van der Waals surface area contributed by atoms with Crippen molar-refractivity contribution in [3.05, 3.63) is 88.3 Å². The highest BCUT2D eigenvalue weighted by Crippen LogP contribution is 2.33. The highest BCUT2D eigenvalue weighted by atomic mass is 19.1. The van der Waals surface area contributed by atoms with Gasteiger partial charge in [-0.1, -0.05) is 6.07 Å². The van der Waals surface area contributed by atoms with Gasteiger partial charge in [0.2, 0.25) is 0 Å². The largest absolute Gasteiger partial charge is 0.493 e. The zero-order chi connectivity index (χ0) is 22.0. The van der Waals surface area contributed by atoms with Crippen molar-refractivity contribution in [2.24, 2.45) is 0 Å². The first-order valence-corrected chi connectivity index (χ1v) is 9.36. The van der Waals surface area contributed by atoms with E-state index in [9.17, 15) is 14.0 Å². The van der Waals surface area contributed by atoms with Crippen LogP contribution in [0.5, 0.6) is 11.5 Å². The van der Waals surface area contributed by atoms with Crippen LogP contribution < -0.4 is 20.2 Å². The molecule has 156 valence electrons. The van der Waals surface area contributed by atoms with Crippen LogP contribution in [0.4, 0.5) is 10.1 Å². The van der Waals surface area contributed by atoms with Gasteiger partial charge in [-0.05, 0) is 54.6 Å². The summed E-state index contributed by atoms with van der Waals surface area (Å²) < 4.78 is 29.8. The Morgan fingerprint density at radius 3 is 2.48 bits per heavy atom. The summed E-state index contributed by atoms with van der Waals surface area (Å²) in [5.74, 6) is 0.459. The third kappa shape index (κ3) is 4.11. The van der Waals surface area contributed by atoms with E-state index in [0.717, 1.165) is 6.07 Å². The number of carbonyl (C=O) groups excluding carboxylic acids is 1. The minimum absolute atomic E-state index is 0.177. The Morgan fingerprint density at radius 1 is 0.935 bits per heavy atom. The van der Waals surface area contributed by atoms with Crippen LogP contribution in [0.25, 0.3) is 22.3 Å². The van der Waals surface area contributed by atoms with E-state index >= 15 is 0 Å². The van der Waals surface area contributed by atoms with Crippen LogP contribution in [-0.2, 0) is 0 Å². The molecule has 3 aromatic carbocycles. The molecule has 1 aromatic heterocycles. The molecule has 0 saturated carbocycles. The number of amides is 1. The van der Waals surface area contributed by atoms with Gasteiger partial charge in [0.25, 0.3) is 5.91 Å². The van der Waals surface area contributed by atoms with Crippen molar-refractivity contribution >= 4 is 22.6 Å². The Labute approximate surface area is 176 Å². The van der Waals surface area contributed by atoms with Gasteiger partial charge in [-0.3, -0.25) is 9.59 Å². The van der Waals surface area contributed by atoms with Gasteiger partial charge in [-0.15, -0.1) is 0 Å². The number of benzene rings is 3. The summed E-state index contributed by atoms with van der Waals surface area (Å²) in [5, 5.41) is 2.97. The number of nitrogens with one attached hydrogen (secondary N) is 1. The molecule has 1 N–H and O–H groups in total. The lowest BCUT2D eigenvalue weighted by Crippen LogP contribution is -2.12. The number of hydrogen-bond donors (Lipinski definition) is 1. The molecule has 0 aliphatic rings. The molecule has 31 heavy (non-hydrogen) atoms. The Bertz CT molecular complexity index is 1350. The average Bonchev–Trinajstić information content (AvgIpc) is 2.78. The van der Waals surface area contributed by atoms with Crippen LogP contribution >= 0.6 is 0 Å². The maximum Gasteiger partial charge on any atom is 0.255 e. The number of fused-ring (bicyclic) bond motifs is 1. The second kappa shape index (κ2) is 8.31. The average molecular weight is 419 g/mol. The highest BCUT2D eigenvalue weighted by Gasteiger charge is 2.13. The number of anilines is 1. The van der Waals surface area contributed by atoms with E-state index in [1.165, 1.54) is 37.4 Å².